The van der Waals surface area contributed by atoms with E-state index in [2.05, 4.69) is 5.32 Å². The zero-order valence-corrected chi connectivity index (χ0v) is 19.0. The summed E-state index contributed by atoms with van der Waals surface area (Å²) in [5.74, 6) is 0.792. The van der Waals surface area contributed by atoms with Crippen molar-refractivity contribution in [3.63, 3.8) is 0 Å². The van der Waals surface area contributed by atoms with Crippen molar-refractivity contribution in [1.82, 2.24) is 14.7 Å². The number of likely N-dealkylation sites (tertiary alicyclic amines) is 1. The van der Waals surface area contributed by atoms with Crippen LogP contribution < -0.4 is 5.32 Å². The van der Waals surface area contributed by atoms with Crippen LogP contribution in [0.2, 0.25) is 0 Å². The van der Waals surface area contributed by atoms with Gasteiger partial charge in [-0.25, -0.2) is 14.3 Å². The van der Waals surface area contributed by atoms with Crippen molar-refractivity contribution >= 4 is 18.0 Å². The third-order valence-corrected chi connectivity index (χ3v) is 5.19. The van der Waals surface area contributed by atoms with E-state index in [0.29, 0.717) is 25.5 Å². The molecule has 0 bridgehead atoms. The van der Waals surface area contributed by atoms with Gasteiger partial charge in [-0.05, 0) is 59.6 Å². The Morgan fingerprint density at radius 1 is 1.16 bits per heavy atom. The Kier molecular flexibility index (Phi) is 6.87. The first-order valence-electron chi connectivity index (χ1n) is 10.8. The number of hydrogen-bond donors (Lipinski definition) is 1. The minimum atomic E-state index is -0.507. The predicted octanol–water partition coefficient (Wildman–Crippen LogP) is 4.86. The smallest absolute Gasteiger partial charge is 0.412 e. The fraction of sp³-hybridized carbons (Fsp3) is 0.522. The number of para-hydroxylation sites is 1. The predicted molar refractivity (Wildman–Crippen MR) is 119 cm³/mol. The molecule has 0 radical (unpaired) electrons. The lowest BCUT2D eigenvalue weighted by Crippen LogP contribution is -2.41. The summed E-state index contributed by atoms with van der Waals surface area (Å²) in [6.45, 7) is 10.9. The summed E-state index contributed by atoms with van der Waals surface area (Å²) in [6, 6.07) is 9.68. The molecule has 1 aliphatic heterocycles. The highest BCUT2D eigenvalue weighted by atomic mass is 16.6. The molecule has 8 nitrogen and oxygen atoms in total. The molecule has 1 aromatic carbocycles. The lowest BCUT2D eigenvalue weighted by molar-refractivity contribution is 0.0204. The van der Waals surface area contributed by atoms with Crippen LogP contribution in [0, 0.1) is 6.92 Å². The number of carbonyl (C=O) groups excluding carboxylic acids is 2. The van der Waals surface area contributed by atoms with Gasteiger partial charge in [0.1, 0.15) is 11.4 Å². The van der Waals surface area contributed by atoms with Crippen LogP contribution >= 0.6 is 0 Å². The van der Waals surface area contributed by atoms with Gasteiger partial charge in [0.05, 0.1) is 18.0 Å². The molecule has 0 saturated carbocycles. The lowest BCUT2D eigenvalue weighted by atomic mass is 9.91. The van der Waals surface area contributed by atoms with Gasteiger partial charge in [-0.3, -0.25) is 5.32 Å². The number of piperidine rings is 1. The standard InChI is InChI=1S/C23H32N4O4/c1-6-30-21(28)24-20-16(2)19(25-27(20)18-10-8-7-9-11-18)17-12-14-26(15-13-17)22(29)31-23(3,4)5/h7-11,17H,6,12-15H2,1-5H3,(H,24,28). The molecule has 2 aromatic rings. The highest BCUT2D eigenvalue weighted by Crippen LogP contribution is 2.34. The first-order valence-corrected chi connectivity index (χ1v) is 10.8. The zero-order chi connectivity index (χ0) is 22.6. The topological polar surface area (TPSA) is 85.7 Å². The van der Waals surface area contributed by atoms with E-state index in [0.717, 1.165) is 29.8 Å². The van der Waals surface area contributed by atoms with E-state index < -0.39 is 11.7 Å². The van der Waals surface area contributed by atoms with Crippen LogP contribution in [0.15, 0.2) is 30.3 Å². The number of nitrogens with zero attached hydrogens (tertiary/aromatic N) is 3. The van der Waals surface area contributed by atoms with Crippen molar-refractivity contribution in [3.8, 4) is 5.69 Å². The minimum Gasteiger partial charge on any atom is -0.450 e. The largest absolute Gasteiger partial charge is 0.450 e. The number of benzene rings is 1. The number of aromatic nitrogens is 2. The van der Waals surface area contributed by atoms with Crippen molar-refractivity contribution in [3.05, 3.63) is 41.6 Å². The fourth-order valence-electron chi connectivity index (χ4n) is 3.73. The molecule has 1 N–H and O–H groups in total. The molecule has 0 spiro atoms. The Morgan fingerprint density at radius 2 is 1.81 bits per heavy atom. The van der Waals surface area contributed by atoms with Gasteiger partial charge in [-0.1, -0.05) is 18.2 Å². The highest BCUT2D eigenvalue weighted by molar-refractivity contribution is 5.85. The fourth-order valence-corrected chi connectivity index (χ4v) is 3.73. The van der Waals surface area contributed by atoms with E-state index in [9.17, 15) is 9.59 Å². The van der Waals surface area contributed by atoms with Crippen LogP contribution in [0.5, 0.6) is 0 Å². The molecule has 2 heterocycles. The second kappa shape index (κ2) is 9.41. The number of hydrogen-bond acceptors (Lipinski definition) is 5. The van der Waals surface area contributed by atoms with Gasteiger partial charge in [0.2, 0.25) is 0 Å². The normalized spacial score (nSPS) is 14.9. The molecule has 0 aliphatic carbocycles. The average Bonchev–Trinajstić information content (AvgIpc) is 3.04. The second-order valence-electron chi connectivity index (χ2n) is 8.69. The van der Waals surface area contributed by atoms with Gasteiger partial charge in [0.25, 0.3) is 0 Å². The van der Waals surface area contributed by atoms with E-state index in [1.165, 1.54) is 0 Å². The molecular formula is C23H32N4O4. The van der Waals surface area contributed by atoms with Crippen LogP contribution in [0.1, 0.15) is 57.7 Å². The van der Waals surface area contributed by atoms with Crippen LogP contribution in [-0.2, 0) is 9.47 Å². The summed E-state index contributed by atoms with van der Waals surface area (Å²) in [6.07, 6.45) is 0.784. The molecule has 8 heteroatoms. The van der Waals surface area contributed by atoms with E-state index in [4.69, 9.17) is 14.6 Å². The number of rotatable bonds is 4. The first-order chi connectivity index (χ1) is 14.7. The minimum absolute atomic E-state index is 0.186. The summed E-state index contributed by atoms with van der Waals surface area (Å²) in [5, 5.41) is 7.70. The summed E-state index contributed by atoms with van der Waals surface area (Å²) in [7, 11) is 0. The number of ether oxygens (including phenoxy) is 2. The van der Waals surface area contributed by atoms with Gasteiger partial charge in [0.15, 0.2) is 0 Å². The molecule has 31 heavy (non-hydrogen) atoms. The van der Waals surface area contributed by atoms with Crippen LogP contribution in [0.25, 0.3) is 5.69 Å². The highest BCUT2D eigenvalue weighted by Gasteiger charge is 2.31. The van der Waals surface area contributed by atoms with Gasteiger partial charge in [-0.15, -0.1) is 0 Å². The van der Waals surface area contributed by atoms with Crippen molar-refractivity contribution in [2.45, 2.75) is 59.0 Å². The first kappa shape index (κ1) is 22.7. The molecule has 168 valence electrons. The number of amides is 2. The maximum Gasteiger partial charge on any atom is 0.412 e. The lowest BCUT2D eigenvalue weighted by Gasteiger charge is -2.33. The third-order valence-electron chi connectivity index (χ3n) is 5.19. The maximum absolute atomic E-state index is 12.4. The SMILES string of the molecule is CCOC(=O)Nc1c(C)c(C2CCN(C(=O)OC(C)(C)C)CC2)nn1-c1ccccc1. The Balaban J connectivity index is 1.81. The molecule has 1 aromatic heterocycles. The van der Waals surface area contributed by atoms with Crippen molar-refractivity contribution in [2.75, 3.05) is 25.0 Å². The summed E-state index contributed by atoms with van der Waals surface area (Å²) >= 11 is 0. The molecule has 0 unspecified atom stereocenters. The second-order valence-corrected chi connectivity index (χ2v) is 8.69. The summed E-state index contributed by atoms with van der Waals surface area (Å²) < 4.78 is 12.3. The Labute approximate surface area is 183 Å². The van der Waals surface area contributed by atoms with Crippen LogP contribution in [-0.4, -0.2) is 52.2 Å². The van der Waals surface area contributed by atoms with E-state index in [1.54, 1.807) is 16.5 Å². The third kappa shape index (κ3) is 5.57. The number of nitrogens with one attached hydrogen (secondary N) is 1. The zero-order valence-electron chi connectivity index (χ0n) is 19.0. The Bertz CT molecular complexity index is 910. The Hall–Kier alpha value is -3.03. The van der Waals surface area contributed by atoms with Gasteiger partial charge in [-0.2, -0.15) is 5.10 Å². The maximum atomic E-state index is 12.4. The van der Waals surface area contributed by atoms with Crippen molar-refractivity contribution in [2.24, 2.45) is 0 Å². The van der Waals surface area contributed by atoms with Crippen molar-refractivity contribution in [1.29, 1.82) is 0 Å². The number of anilines is 1. The summed E-state index contributed by atoms with van der Waals surface area (Å²) in [5.41, 5.74) is 2.19. The molecule has 1 aliphatic rings. The molecule has 2 amide bonds. The molecule has 3 rings (SSSR count). The molecule has 1 saturated heterocycles. The van der Waals surface area contributed by atoms with E-state index >= 15 is 0 Å². The van der Waals surface area contributed by atoms with Gasteiger partial charge >= 0.3 is 12.2 Å². The van der Waals surface area contributed by atoms with Gasteiger partial charge in [0, 0.05) is 24.6 Å². The van der Waals surface area contributed by atoms with Gasteiger partial charge < -0.3 is 14.4 Å². The monoisotopic (exact) mass is 428 g/mol. The quantitative estimate of drug-likeness (QED) is 0.751. The number of carbonyl (C=O) groups is 2. The van der Waals surface area contributed by atoms with E-state index in [-0.39, 0.29) is 12.0 Å². The molecular weight excluding hydrogens is 396 g/mol. The Morgan fingerprint density at radius 3 is 2.39 bits per heavy atom. The average molecular weight is 429 g/mol. The molecule has 0 atom stereocenters. The van der Waals surface area contributed by atoms with Crippen molar-refractivity contribution < 1.29 is 19.1 Å². The van der Waals surface area contributed by atoms with E-state index in [1.807, 2.05) is 58.0 Å². The van der Waals surface area contributed by atoms with Crippen LogP contribution in [0.4, 0.5) is 15.4 Å². The molecule has 1 fully saturated rings. The van der Waals surface area contributed by atoms with Crippen LogP contribution in [0.3, 0.4) is 0 Å². The summed E-state index contributed by atoms with van der Waals surface area (Å²) in [4.78, 5) is 26.3.